The lowest BCUT2D eigenvalue weighted by Gasteiger charge is -2.28. The fraction of sp³-hybridized carbons (Fsp3) is 0.182. The number of benzene rings is 1. The third-order valence-electron chi connectivity index (χ3n) is 5.07. The normalized spacial score (nSPS) is 13.9. The number of nitrogens with one attached hydrogen (secondary N) is 1. The molecule has 4 heterocycles. The predicted molar refractivity (Wildman–Crippen MR) is 114 cm³/mol. The summed E-state index contributed by atoms with van der Waals surface area (Å²) in [5.41, 5.74) is 5.13. The van der Waals surface area contributed by atoms with Gasteiger partial charge in [0.25, 0.3) is 0 Å². The Morgan fingerprint density at radius 1 is 0.933 bits per heavy atom. The zero-order valence-electron chi connectivity index (χ0n) is 16.2. The van der Waals surface area contributed by atoms with Crippen LogP contribution < -0.4 is 10.2 Å². The molecule has 8 heteroatoms. The number of fused-ring (bicyclic) bond motifs is 1. The monoisotopic (exact) mass is 397 g/mol. The molecule has 1 saturated heterocycles. The third kappa shape index (κ3) is 3.54. The van der Waals surface area contributed by atoms with Crippen LogP contribution in [0.2, 0.25) is 0 Å². The summed E-state index contributed by atoms with van der Waals surface area (Å²) in [6.45, 7) is 3.35. The lowest BCUT2D eigenvalue weighted by atomic mass is 10.2. The van der Waals surface area contributed by atoms with Crippen molar-refractivity contribution in [3.8, 4) is 17.3 Å². The summed E-state index contributed by atoms with van der Waals surface area (Å²) in [7, 11) is 0. The molecule has 1 aromatic carbocycles. The Labute approximate surface area is 173 Å². The van der Waals surface area contributed by atoms with Crippen molar-refractivity contribution in [1.82, 2.24) is 19.6 Å². The molecule has 5 rings (SSSR count). The van der Waals surface area contributed by atoms with Gasteiger partial charge in [-0.25, -0.2) is 14.5 Å². The van der Waals surface area contributed by atoms with E-state index in [1.165, 1.54) is 5.69 Å². The van der Waals surface area contributed by atoms with Crippen molar-refractivity contribution >= 4 is 22.8 Å². The molecule has 148 valence electrons. The van der Waals surface area contributed by atoms with Gasteiger partial charge in [0.05, 0.1) is 30.6 Å². The average molecular weight is 397 g/mol. The fourth-order valence-electron chi connectivity index (χ4n) is 3.50. The van der Waals surface area contributed by atoms with E-state index < -0.39 is 0 Å². The Bertz CT molecular complexity index is 1200. The number of anilines is 3. The molecule has 8 nitrogen and oxygen atoms in total. The molecule has 0 spiro atoms. The Morgan fingerprint density at radius 2 is 1.77 bits per heavy atom. The number of aromatic nitrogens is 4. The standard InChI is InChI=1S/C22H19N7O/c23-13-18-2-1-16(14-24-18)21-8-7-20-15-25-22(27-29(20)21)26-17-3-5-19(6-4-17)28-9-11-30-12-10-28/h1-8,14-15H,9-12H2,(H,26,27). The number of rotatable bonds is 4. The minimum absolute atomic E-state index is 0.386. The van der Waals surface area contributed by atoms with Crippen LogP contribution in [0.3, 0.4) is 0 Å². The van der Waals surface area contributed by atoms with Crippen molar-refractivity contribution in [2.24, 2.45) is 0 Å². The summed E-state index contributed by atoms with van der Waals surface area (Å²) in [5.74, 6) is 0.501. The Balaban J connectivity index is 1.39. The smallest absolute Gasteiger partial charge is 0.245 e. The van der Waals surface area contributed by atoms with Gasteiger partial charge in [-0.15, -0.1) is 5.10 Å². The summed E-state index contributed by atoms with van der Waals surface area (Å²) in [5, 5.41) is 16.8. The van der Waals surface area contributed by atoms with E-state index in [2.05, 4.69) is 37.4 Å². The zero-order valence-corrected chi connectivity index (χ0v) is 16.2. The van der Waals surface area contributed by atoms with E-state index in [1.54, 1.807) is 18.5 Å². The lowest BCUT2D eigenvalue weighted by molar-refractivity contribution is 0.122. The summed E-state index contributed by atoms with van der Waals surface area (Å²) < 4.78 is 7.23. The highest BCUT2D eigenvalue weighted by molar-refractivity contribution is 5.67. The second-order valence-corrected chi connectivity index (χ2v) is 6.95. The van der Waals surface area contributed by atoms with Crippen LogP contribution in [0, 0.1) is 11.3 Å². The van der Waals surface area contributed by atoms with Gasteiger partial charge in [-0.3, -0.25) is 0 Å². The second kappa shape index (κ2) is 7.81. The fourth-order valence-corrected chi connectivity index (χ4v) is 3.50. The van der Waals surface area contributed by atoms with E-state index in [-0.39, 0.29) is 0 Å². The first kappa shape index (κ1) is 18.1. The molecule has 1 aliphatic rings. The highest BCUT2D eigenvalue weighted by Crippen LogP contribution is 2.23. The molecule has 0 unspecified atom stereocenters. The molecule has 0 aliphatic carbocycles. The highest BCUT2D eigenvalue weighted by Gasteiger charge is 2.12. The van der Waals surface area contributed by atoms with Gasteiger partial charge in [-0.05, 0) is 48.5 Å². The van der Waals surface area contributed by atoms with Gasteiger partial charge in [-0.1, -0.05) is 0 Å². The third-order valence-corrected chi connectivity index (χ3v) is 5.07. The van der Waals surface area contributed by atoms with E-state index in [9.17, 15) is 0 Å². The van der Waals surface area contributed by atoms with Crippen molar-refractivity contribution in [2.45, 2.75) is 0 Å². The molecule has 0 saturated carbocycles. The number of hydrogen-bond acceptors (Lipinski definition) is 7. The molecular weight excluding hydrogens is 378 g/mol. The first-order chi connectivity index (χ1) is 14.8. The van der Waals surface area contributed by atoms with Crippen LogP contribution in [0.4, 0.5) is 17.3 Å². The molecule has 3 aromatic heterocycles. The van der Waals surface area contributed by atoms with Crippen LogP contribution in [-0.2, 0) is 4.74 Å². The van der Waals surface area contributed by atoms with E-state index in [1.807, 2.05) is 40.9 Å². The van der Waals surface area contributed by atoms with Gasteiger partial charge < -0.3 is 15.0 Å². The molecule has 0 atom stereocenters. The van der Waals surface area contributed by atoms with E-state index in [0.29, 0.717) is 11.6 Å². The largest absolute Gasteiger partial charge is 0.378 e. The maximum atomic E-state index is 8.94. The maximum Gasteiger partial charge on any atom is 0.245 e. The molecule has 0 amide bonds. The Morgan fingerprint density at radius 3 is 2.50 bits per heavy atom. The SMILES string of the molecule is N#Cc1ccc(-c2ccc3cnc(Nc4ccc(N5CCOCC5)cc4)nn23)cn1. The predicted octanol–water partition coefficient (Wildman–Crippen LogP) is 3.24. The van der Waals surface area contributed by atoms with Gasteiger partial charge in [-0.2, -0.15) is 5.26 Å². The van der Waals surface area contributed by atoms with Crippen LogP contribution in [-0.4, -0.2) is 45.9 Å². The number of morpholine rings is 1. The number of pyridine rings is 1. The van der Waals surface area contributed by atoms with Gasteiger partial charge in [0, 0.05) is 36.2 Å². The van der Waals surface area contributed by atoms with E-state index in [0.717, 1.165) is 48.8 Å². The summed E-state index contributed by atoms with van der Waals surface area (Å²) in [6.07, 6.45) is 3.46. The van der Waals surface area contributed by atoms with Gasteiger partial charge in [0.2, 0.25) is 5.95 Å². The Hall–Kier alpha value is -3.96. The number of hydrogen-bond donors (Lipinski definition) is 1. The minimum atomic E-state index is 0.386. The molecular formula is C22H19N7O. The number of nitrogens with zero attached hydrogens (tertiary/aromatic N) is 6. The molecule has 0 radical (unpaired) electrons. The molecule has 1 N–H and O–H groups in total. The Kier molecular flexibility index (Phi) is 4.71. The number of ether oxygens (including phenoxy) is 1. The molecule has 30 heavy (non-hydrogen) atoms. The van der Waals surface area contributed by atoms with Crippen molar-refractivity contribution in [1.29, 1.82) is 5.26 Å². The second-order valence-electron chi connectivity index (χ2n) is 6.95. The molecule has 0 bridgehead atoms. The summed E-state index contributed by atoms with van der Waals surface area (Å²) in [6, 6.07) is 17.8. The highest BCUT2D eigenvalue weighted by atomic mass is 16.5. The summed E-state index contributed by atoms with van der Waals surface area (Å²) >= 11 is 0. The molecule has 1 aliphatic heterocycles. The minimum Gasteiger partial charge on any atom is -0.378 e. The van der Waals surface area contributed by atoms with E-state index in [4.69, 9.17) is 10.00 Å². The van der Waals surface area contributed by atoms with Gasteiger partial charge >= 0.3 is 0 Å². The first-order valence-electron chi connectivity index (χ1n) is 9.71. The number of nitriles is 1. The van der Waals surface area contributed by atoms with Gasteiger partial charge in [0.1, 0.15) is 11.8 Å². The van der Waals surface area contributed by atoms with E-state index >= 15 is 0 Å². The molecule has 1 fully saturated rings. The van der Waals surface area contributed by atoms with Crippen LogP contribution in [0.5, 0.6) is 0 Å². The zero-order chi connectivity index (χ0) is 20.3. The quantitative estimate of drug-likeness (QED) is 0.565. The first-order valence-corrected chi connectivity index (χ1v) is 9.71. The van der Waals surface area contributed by atoms with Crippen molar-refractivity contribution in [2.75, 3.05) is 36.5 Å². The van der Waals surface area contributed by atoms with Crippen LogP contribution in [0.25, 0.3) is 16.8 Å². The van der Waals surface area contributed by atoms with Gasteiger partial charge in [0.15, 0.2) is 0 Å². The average Bonchev–Trinajstić information content (AvgIpc) is 3.23. The van der Waals surface area contributed by atoms with Crippen LogP contribution in [0.1, 0.15) is 5.69 Å². The molecule has 4 aromatic rings. The van der Waals surface area contributed by atoms with Crippen LogP contribution >= 0.6 is 0 Å². The maximum absolute atomic E-state index is 8.94. The van der Waals surface area contributed by atoms with Crippen LogP contribution in [0.15, 0.2) is 60.9 Å². The summed E-state index contributed by atoms with van der Waals surface area (Å²) in [4.78, 5) is 10.9. The van der Waals surface area contributed by atoms with Crippen molar-refractivity contribution in [3.63, 3.8) is 0 Å². The lowest BCUT2D eigenvalue weighted by Crippen LogP contribution is -2.36. The topological polar surface area (TPSA) is 91.4 Å². The van der Waals surface area contributed by atoms with Crippen molar-refractivity contribution < 1.29 is 4.74 Å². The van der Waals surface area contributed by atoms with Crippen molar-refractivity contribution in [3.05, 3.63) is 66.6 Å².